The van der Waals surface area contributed by atoms with E-state index in [9.17, 15) is 19.7 Å². The second kappa shape index (κ2) is 10.0. The summed E-state index contributed by atoms with van der Waals surface area (Å²) in [5, 5.41) is 13.7. The SMILES string of the molecule is CN(Cc1ccccc1)C(=O)c1cccc(NC(=O)COc2ccccc2[N+](=O)[O-])c1. The van der Waals surface area contributed by atoms with Gasteiger partial charge >= 0.3 is 5.69 Å². The van der Waals surface area contributed by atoms with Crippen LogP contribution in [0.1, 0.15) is 15.9 Å². The van der Waals surface area contributed by atoms with Gasteiger partial charge in [-0.25, -0.2) is 0 Å². The number of carbonyl (C=O) groups is 2. The van der Waals surface area contributed by atoms with Crippen LogP contribution in [0.3, 0.4) is 0 Å². The van der Waals surface area contributed by atoms with Gasteiger partial charge in [-0.05, 0) is 29.8 Å². The lowest BCUT2D eigenvalue weighted by atomic mass is 10.1. The molecule has 0 radical (unpaired) electrons. The Hall–Kier alpha value is -4.20. The van der Waals surface area contributed by atoms with Crippen molar-refractivity contribution < 1.29 is 19.2 Å². The largest absolute Gasteiger partial charge is 0.477 e. The van der Waals surface area contributed by atoms with Crippen molar-refractivity contribution in [3.8, 4) is 5.75 Å². The first-order valence-corrected chi connectivity index (χ1v) is 9.49. The Bertz CT molecular complexity index is 1090. The Morgan fingerprint density at radius 2 is 1.71 bits per heavy atom. The van der Waals surface area contributed by atoms with E-state index in [0.29, 0.717) is 17.8 Å². The summed E-state index contributed by atoms with van der Waals surface area (Å²) in [6.07, 6.45) is 0. The lowest BCUT2D eigenvalue weighted by molar-refractivity contribution is -0.385. The number of benzene rings is 3. The number of amides is 2. The fraction of sp³-hybridized carbons (Fsp3) is 0.130. The third kappa shape index (κ3) is 5.89. The zero-order valence-corrected chi connectivity index (χ0v) is 16.9. The van der Waals surface area contributed by atoms with Crippen molar-refractivity contribution in [1.82, 2.24) is 4.90 Å². The van der Waals surface area contributed by atoms with Gasteiger partial charge in [0, 0.05) is 30.9 Å². The molecule has 0 aromatic heterocycles. The smallest absolute Gasteiger partial charge is 0.310 e. The van der Waals surface area contributed by atoms with E-state index in [1.807, 2.05) is 30.3 Å². The third-order valence-electron chi connectivity index (χ3n) is 4.42. The molecular formula is C23H21N3O5. The Labute approximate surface area is 179 Å². The number of hydrogen-bond donors (Lipinski definition) is 1. The molecule has 0 unspecified atom stereocenters. The standard InChI is InChI=1S/C23H21N3O5/c1-25(15-17-8-3-2-4-9-17)23(28)18-10-7-11-19(14-18)24-22(27)16-31-21-13-6-5-12-20(21)26(29)30/h2-14H,15-16H2,1H3,(H,24,27). The molecule has 8 heteroatoms. The zero-order chi connectivity index (χ0) is 22.2. The van der Waals surface area contributed by atoms with Gasteiger partial charge in [0.15, 0.2) is 12.4 Å². The number of carbonyl (C=O) groups excluding carboxylic acids is 2. The maximum absolute atomic E-state index is 12.7. The van der Waals surface area contributed by atoms with Crippen molar-refractivity contribution in [1.29, 1.82) is 0 Å². The number of anilines is 1. The summed E-state index contributed by atoms with van der Waals surface area (Å²) < 4.78 is 5.29. The number of nitro benzene ring substituents is 1. The van der Waals surface area contributed by atoms with Gasteiger partial charge in [0.1, 0.15) is 0 Å². The third-order valence-corrected chi connectivity index (χ3v) is 4.42. The second-order valence-corrected chi connectivity index (χ2v) is 6.79. The van der Waals surface area contributed by atoms with Crippen LogP contribution in [-0.2, 0) is 11.3 Å². The van der Waals surface area contributed by atoms with Crippen LogP contribution in [-0.4, -0.2) is 35.3 Å². The molecule has 0 heterocycles. The molecule has 3 rings (SSSR count). The predicted molar refractivity (Wildman–Crippen MR) is 116 cm³/mol. The average molecular weight is 419 g/mol. The molecule has 3 aromatic rings. The highest BCUT2D eigenvalue weighted by atomic mass is 16.6. The average Bonchev–Trinajstić information content (AvgIpc) is 2.78. The highest BCUT2D eigenvalue weighted by Gasteiger charge is 2.16. The summed E-state index contributed by atoms with van der Waals surface area (Å²) >= 11 is 0. The van der Waals surface area contributed by atoms with Crippen LogP contribution in [0.25, 0.3) is 0 Å². The minimum absolute atomic E-state index is 0.00844. The molecule has 0 atom stereocenters. The maximum atomic E-state index is 12.7. The quantitative estimate of drug-likeness (QED) is 0.441. The fourth-order valence-corrected chi connectivity index (χ4v) is 2.95. The lowest BCUT2D eigenvalue weighted by Crippen LogP contribution is -2.26. The van der Waals surface area contributed by atoms with Crippen molar-refractivity contribution >= 4 is 23.2 Å². The first-order chi connectivity index (χ1) is 14.9. The number of nitro groups is 1. The number of para-hydroxylation sites is 2. The number of nitrogens with one attached hydrogen (secondary N) is 1. The first-order valence-electron chi connectivity index (χ1n) is 9.49. The van der Waals surface area contributed by atoms with E-state index in [2.05, 4.69) is 5.32 Å². The number of nitrogens with zero attached hydrogens (tertiary/aromatic N) is 2. The van der Waals surface area contributed by atoms with Gasteiger partial charge < -0.3 is 15.0 Å². The number of hydrogen-bond acceptors (Lipinski definition) is 5. The van der Waals surface area contributed by atoms with Crippen molar-refractivity contribution in [2.45, 2.75) is 6.54 Å². The molecule has 8 nitrogen and oxygen atoms in total. The van der Waals surface area contributed by atoms with Crippen LogP contribution in [0.4, 0.5) is 11.4 Å². The maximum Gasteiger partial charge on any atom is 0.310 e. The van der Waals surface area contributed by atoms with Crippen LogP contribution in [0.5, 0.6) is 5.75 Å². The van der Waals surface area contributed by atoms with Crippen molar-refractivity contribution in [2.75, 3.05) is 19.0 Å². The van der Waals surface area contributed by atoms with Crippen LogP contribution < -0.4 is 10.1 Å². The topological polar surface area (TPSA) is 102 Å². The summed E-state index contributed by atoms with van der Waals surface area (Å²) in [6.45, 7) is 0.0525. The molecule has 31 heavy (non-hydrogen) atoms. The molecule has 0 spiro atoms. The number of ether oxygens (including phenoxy) is 1. The minimum atomic E-state index is -0.575. The van der Waals surface area contributed by atoms with Crippen molar-refractivity contribution in [2.24, 2.45) is 0 Å². The summed E-state index contributed by atoms with van der Waals surface area (Å²) in [7, 11) is 1.71. The van der Waals surface area contributed by atoms with E-state index >= 15 is 0 Å². The molecule has 0 saturated carbocycles. The highest BCUT2D eigenvalue weighted by Crippen LogP contribution is 2.25. The minimum Gasteiger partial charge on any atom is -0.477 e. The van der Waals surface area contributed by atoms with E-state index in [0.717, 1.165) is 5.56 Å². The fourth-order valence-electron chi connectivity index (χ4n) is 2.95. The van der Waals surface area contributed by atoms with Gasteiger partial charge in [0.05, 0.1) is 4.92 Å². The van der Waals surface area contributed by atoms with Gasteiger partial charge in [-0.3, -0.25) is 19.7 Å². The predicted octanol–water partition coefficient (Wildman–Crippen LogP) is 3.88. The van der Waals surface area contributed by atoms with E-state index in [-0.39, 0.29) is 17.3 Å². The highest BCUT2D eigenvalue weighted by molar-refractivity contribution is 5.97. The van der Waals surface area contributed by atoms with Gasteiger partial charge in [0.25, 0.3) is 11.8 Å². The molecule has 0 bridgehead atoms. The van der Waals surface area contributed by atoms with Crippen LogP contribution in [0, 0.1) is 10.1 Å². The van der Waals surface area contributed by atoms with Gasteiger partial charge in [-0.2, -0.15) is 0 Å². The zero-order valence-electron chi connectivity index (χ0n) is 16.9. The molecule has 0 fully saturated rings. The normalized spacial score (nSPS) is 10.2. The van der Waals surface area contributed by atoms with E-state index in [1.165, 1.54) is 18.2 Å². The van der Waals surface area contributed by atoms with Crippen LogP contribution >= 0.6 is 0 Å². The molecule has 0 saturated heterocycles. The van der Waals surface area contributed by atoms with Gasteiger partial charge in [-0.1, -0.05) is 48.5 Å². The van der Waals surface area contributed by atoms with Gasteiger partial charge in [-0.15, -0.1) is 0 Å². The van der Waals surface area contributed by atoms with E-state index in [1.54, 1.807) is 42.3 Å². The molecule has 0 aliphatic rings. The van der Waals surface area contributed by atoms with Gasteiger partial charge in [0.2, 0.25) is 0 Å². The van der Waals surface area contributed by atoms with E-state index < -0.39 is 17.4 Å². The molecule has 0 aliphatic heterocycles. The molecule has 0 aliphatic carbocycles. The van der Waals surface area contributed by atoms with Crippen molar-refractivity contribution in [3.63, 3.8) is 0 Å². The Morgan fingerprint density at radius 3 is 2.45 bits per heavy atom. The molecular weight excluding hydrogens is 398 g/mol. The van der Waals surface area contributed by atoms with Crippen molar-refractivity contribution in [3.05, 3.63) is 100 Å². The van der Waals surface area contributed by atoms with Crippen LogP contribution in [0.2, 0.25) is 0 Å². The van der Waals surface area contributed by atoms with Crippen LogP contribution in [0.15, 0.2) is 78.9 Å². The lowest BCUT2D eigenvalue weighted by Gasteiger charge is -2.18. The van der Waals surface area contributed by atoms with E-state index in [4.69, 9.17) is 4.74 Å². The molecule has 2 amide bonds. The second-order valence-electron chi connectivity index (χ2n) is 6.79. The molecule has 1 N–H and O–H groups in total. The first kappa shape index (κ1) is 21.5. The summed E-state index contributed by atoms with van der Waals surface area (Å²) in [4.78, 5) is 37.0. The Kier molecular flexibility index (Phi) is 6.95. The Morgan fingerprint density at radius 1 is 1.00 bits per heavy atom. The summed E-state index contributed by atoms with van der Waals surface area (Å²) in [5.41, 5.74) is 1.64. The molecule has 158 valence electrons. The Balaban J connectivity index is 1.60. The molecule has 3 aromatic carbocycles. The number of rotatable bonds is 8. The monoisotopic (exact) mass is 419 g/mol. The summed E-state index contributed by atoms with van der Waals surface area (Å²) in [6, 6.07) is 22.0. The summed E-state index contributed by atoms with van der Waals surface area (Å²) in [5.74, 6) is -0.675.